The Bertz CT molecular complexity index is 663. The predicted octanol–water partition coefficient (Wildman–Crippen LogP) is 3.55. The van der Waals surface area contributed by atoms with Crippen molar-refractivity contribution in [3.8, 4) is 0 Å². The van der Waals surface area contributed by atoms with Crippen LogP contribution in [0, 0.1) is 10.5 Å². The maximum Gasteiger partial charge on any atom is 0.259 e. The minimum atomic E-state index is -0.176. The van der Waals surface area contributed by atoms with Crippen LogP contribution in [-0.4, -0.2) is 18.2 Å². The Balaban J connectivity index is 1.85. The van der Waals surface area contributed by atoms with E-state index in [1.54, 1.807) is 0 Å². The van der Waals surface area contributed by atoms with Crippen LogP contribution in [0.2, 0.25) is 0 Å². The third-order valence-electron chi connectivity index (χ3n) is 3.11. The molecule has 5 heteroatoms. The maximum atomic E-state index is 11.8. The highest BCUT2D eigenvalue weighted by atomic mass is 127. The van der Waals surface area contributed by atoms with Crippen molar-refractivity contribution in [3.05, 3.63) is 63.2 Å². The van der Waals surface area contributed by atoms with Crippen LogP contribution in [0.5, 0.6) is 0 Å². The molecule has 0 aromatic heterocycles. The highest BCUT2D eigenvalue weighted by Gasteiger charge is 2.01. The smallest absolute Gasteiger partial charge is 0.259 e. The molecular formula is C17H18IN3O. The van der Waals surface area contributed by atoms with Gasteiger partial charge >= 0.3 is 0 Å². The molecule has 0 unspecified atom stereocenters. The van der Waals surface area contributed by atoms with Crippen LogP contribution in [0.15, 0.2) is 53.6 Å². The summed E-state index contributed by atoms with van der Waals surface area (Å²) in [7, 11) is 0. The van der Waals surface area contributed by atoms with Crippen LogP contribution in [0.25, 0.3) is 0 Å². The van der Waals surface area contributed by atoms with Crippen LogP contribution in [0.1, 0.15) is 18.1 Å². The lowest BCUT2D eigenvalue weighted by Crippen LogP contribution is -2.26. The summed E-state index contributed by atoms with van der Waals surface area (Å²) in [5, 5.41) is 7.19. The molecule has 0 bridgehead atoms. The van der Waals surface area contributed by atoms with Crippen molar-refractivity contribution < 1.29 is 4.79 Å². The van der Waals surface area contributed by atoms with Gasteiger partial charge in [0.25, 0.3) is 5.91 Å². The van der Waals surface area contributed by atoms with Gasteiger partial charge in [-0.1, -0.05) is 29.8 Å². The van der Waals surface area contributed by atoms with E-state index >= 15 is 0 Å². The van der Waals surface area contributed by atoms with Crippen molar-refractivity contribution >= 4 is 39.9 Å². The Morgan fingerprint density at radius 3 is 2.36 bits per heavy atom. The fourth-order valence-electron chi connectivity index (χ4n) is 1.80. The summed E-state index contributed by atoms with van der Waals surface area (Å²) >= 11 is 2.25. The zero-order valence-electron chi connectivity index (χ0n) is 12.6. The van der Waals surface area contributed by atoms with Gasteiger partial charge in [-0.2, -0.15) is 5.10 Å². The number of rotatable bonds is 5. The summed E-state index contributed by atoms with van der Waals surface area (Å²) in [6.07, 6.45) is 0. The minimum Gasteiger partial charge on any atom is -0.376 e. The number of nitrogens with one attached hydrogen (secondary N) is 2. The lowest BCUT2D eigenvalue weighted by Gasteiger charge is -2.06. The van der Waals surface area contributed by atoms with Crippen molar-refractivity contribution in [2.24, 2.45) is 5.10 Å². The Labute approximate surface area is 144 Å². The molecule has 0 saturated heterocycles. The van der Waals surface area contributed by atoms with Crippen molar-refractivity contribution in [1.82, 2.24) is 5.43 Å². The zero-order valence-corrected chi connectivity index (χ0v) is 14.7. The largest absolute Gasteiger partial charge is 0.376 e. The Kier molecular flexibility index (Phi) is 5.94. The lowest BCUT2D eigenvalue weighted by atomic mass is 10.1. The van der Waals surface area contributed by atoms with E-state index < -0.39 is 0 Å². The number of carbonyl (C=O) groups is 1. The number of amides is 1. The molecule has 2 aromatic rings. The SMILES string of the molecule is C/C(=N/NC(=O)CNc1ccc(C)cc1)c1ccc(I)cc1. The van der Waals surface area contributed by atoms with Crippen LogP contribution in [0.4, 0.5) is 5.69 Å². The molecular weight excluding hydrogens is 389 g/mol. The van der Waals surface area contributed by atoms with Crippen molar-refractivity contribution in [2.45, 2.75) is 13.8 Å². The van der Waals surface area contributed by atoms with Crippen molar-refractivity contribution in [3.63, 3.8) is 0 Å². The molecule has 4 nitrogen and oxygen atoms in total. The number of nitrogens with zero attached hydrogens (tertiary/aromatic N) is 1. The molecule has 2 aromatic carbocycles. The van der Waals surface area contributed by atoms with Crippen LogP contribution in [-0.2, 0) is 4.79 Å². The molecule has 0 heterocycles. The molecule has 114 valence electrons. The third kappa shape index (κ3) is 5.14. The Morgan fingerprint density at radius 1 is 1.09 bits per heavy atom. The summed E-state index contributed by atoms with van der Waals surface area (Å²) in [5.74, 6) is -0.176. The molecule has 0 fully saturated rings. The normalized spacial score (nSPS) is 11.1. The van der Waals surface area contributed by atoms with Gasteiger partial charge in [0.15, 0.2) is 0 Å². The van der Waals surface area contributed by atoms with Gasteiger partial charge in [-0.05, 0) is 66.3 Å². The summed E-state index contributed by atoms with van der Waals surface area (Å²) in [6, 6.07) is 15.9. The van der Waals surface area contributed by atoms with E-state index in [0.717, 1.165) is 17.0 Å². The first-order valence-electron chi connectivity index (χ1n) is 6.94. The maximum absolute atomic E-state index is 11.8. The van der Waals surface area contributed by atoms with Gasteiger partial charge < -0.3 is 5.32 Å². The quantitative estimate of drug-likeness (QED) is 0.453. The number of halogens is 1. The van der Waals surface area contributed by atoms with Gasteiger partial charge in [-0.25, -0.2) is 5.43 Å². The van der Waals surface area contributed by atoms with Crippen molar-refractivity contribution in [2.75, 3.05) is 11.9 Å². The van der Waals surface area contributed by atoms with E-state index in [1.807, 2.05) is 62.4 Å². The van der Waals surface area contributed by atoms with Crippen LogP contribution >= 0.6 is 22.6 Å². The second kappa shape index (κ2) is 7.93. The van der Waals surface area contributed by atoms with Gasteiger partial charge in [0, 0.05) is 9.26 Å². The molecule has 1 amide bonds. The highest BCUT2D eigenvalue weighted by Crippen LogP contribution is 2.08. The molecule has 2 rings (SSSR count). The monoisotopic (exact) mass is 407 g/mol. The molecule has 0 spiro atoms. The predicted molar refractivity (Wildman–Crippen MR) is 99.2 cm³/mol. The molecule has 0 aliphatic rings. The van der Waals surface area contributed by atoms with Crippen LogP contribution in [0.3, 0.4) is 0 Å². The second-order valence-corrected chi connectivity index (χ2v) is 6.20. The first-order chi connectivity index (χ1) is 10.5. The Morgan fingerprint density at radius 2 is 1.73 bits per heavy atom. The second-order valence-electron chi connectivity index (χ2n) is 4.96. The molecule has 0 saturated carbocycles. The summed E-state index contributed by atoms with van der Waals surface area (Å²) in [4.78, 5) is 11.8. The summed E-state index contributed by atoms with van der Waals surface area (Å²) < 4.78 is 1.17. The average molecular weight is 407 g/mol. The lowest BCUT2D eigenvalue weighted by molar-refractivity contribution is -0.119. The van der Waals surface area contributed by atoms with E-state index in [4.69, 9.17) is 0 Å². The molecule has 22 heavy (non-hydrogen) atoms. The highest BCUT2D eigenvalue weighted by molar-refractivity contribution is 14.1. The molecule has 0 aliphatic heterocycles. The molecule has 2 N–H and O–H groups in total. The van der Waals surface area contributed by atoms with E-state index in [9.17, 15) is 4.79 Å². The van der Waals surface area contributed by atoms with Gasteiger partial charge in [-0.15, -0.1) is 0 Å². The van der Waals surface area contributed by atoms with E-state index in [0.29, 0.717) is 0 Å². The van der Waals surface area contributed by atoms with Gasteiger partial charge in [0.1, 0.15) is 0 Å². The number of aryl methyl sites for hydroxylation is 1. The molecule has 0 atom stereocenters. The number of benzene rings is 2. The van der Waals surface area contributed by atoms with Gasteiger partial charge in [0.2, 0.25) is 0 Å². The van der Waals surface area contributed by atoms with Gasteiger partial charge in [0.05, 0.1) is 12.3 Å². The average Bonchev–Trinajstić information content (AvgIpc) is 2.52. The van der Waals surface area contributed by atoms with E-state index in [2.05, 4.69) is 38.4 Å². The number of hydrogen-bond acceptors (Lipinski definition) is 3. The topological polar surface area (TPSA) is 53.5 Å². The fraction of sp³-hybridized carbons (Fsp3) is 0.176. The molecule has 0 radical (unpaired) electrons. The number of carbonyl (C=O) groups excluding carboxylic acids is 1. The first-order valence-corrected chi connectivity index (χ1v) is 8.02. The number of hydrazone groups is 1. The number of anilines is 1. The van der Waals surface area contributed by atoms with Gasteiger partial charge in [-0.3, -0.25) is 4.79 Å². The minimum absolute atomic E-state index is 0.176. The zero-order chi connectivity index (χ0) is 15.9. The standard InChI is InChI=1S/C17H18IN3O/c1-12-3-9-16(10-4-12)19-11-17(22)21-20-13(2)14-5-7-15(18)8-6-14/h3-10,19H,11H2,1-2H3,(H,21,22)/b20-13-. The fourth-order valence-corrected chi connectivity index (χ4v) is 2.15. The van der Waals surface area contributed by atoms with E-state index in [-0.39, 0.29) is 12.5 Å². The summed E-state index contributed by atoms with van der Waals surface area (Å²) in [5.41, 5.74) is 6.44. The van der Waals surface area contributed by atoms with Crippen molar-refractivity contribution in [1.29, 1.82) is 0 Å². The van der Waals surface area contributed by atoms with Crippen LogP contribution < -0.4 is 10.7 Å². The molecule has 0 aliphatic carbocycles. The number of hydrogen-bond donors (Lipinski definition) is 2. The summed E-state index contributed by atoms with van der Waals surface area (Å²) in [6.45, 7) is 4.08. The van der Waals surface area contributed by atoms with E-state index in [1.165, 1.54) is 9.13 Å². The Hall–Kier alpha value is -1.89. The first kappa shape index (κ1) is 16.5. The third-order valence-corrected chi connectivity index (χ3v) is 3.83.